The number of nitrogens with two attached hydrogens (primary N) is 2. The number of hydrogen-bond acceptors (Lipinski definition) is 11. The number of likely N-dealkylation sites (N-methyl/N-ethyl adjacent to an activating group) is 1. The SMILES string of the molecule is CN=C(N)NCCC[C@@H]1NC(=O)[C@@H](CCCNC(=O)CNC(=O)C(N)NC(=O)[B]I)N(C)C(=O)[C@@H](Cc2ccc(O)c(I)c2)NC(=O)CNC(=O)[C@H](Cc2ccc3ccccc3c2)NC1=O. The highest BCUT2D eigenvalue weighted by Gasteiger charge is 2.35. The zero-order valence-corrected chi connectivity index (χ0v) is 40.6. The second-order valence-electron chi connectivity index (χ2n) is 15.3. The number of carbonyl (C=O) groups is 8. The van der Waals surface area contributed by atoms with Gasteiger partial charge in [0.15, 0.2) is 17.9 Å². The molecule has 3 aromatic rings. The first-order valence-corrected chi connectivity index (χ1v) is 23.2. The Balaban J connectivity index is 1.64. The maximum Gasteiger partial charge on any atom is 0.317 e. The van der Waals surface area contributed by atoms with Crippen molar-refractivity contribution in [2.75, 3.05) is 40.3 Å². The summed E-state index contributed by atoms with van der Waals surface area (Å²) in [7, 11) is 2.88. The first-order valence-electron chi connectivity index (χ1n) is 20.9. The quantitative estimate of drug-likeness (QED) is 0.0188. The van der Waals surface area contributed by atoms with Crippen molar-refractivity contribution < 1.29 is 43.5 Å². The summed E-state index contributed by atoms with van der Waals surface area (Å²) in [5.74, 6) is -5.35. The van der Waals surface area contributed by atoms with E-state index in [-0.39, 0.29) is 56.9 Å². The van der Waals surface area contributed by atoms with E-state index < -0.39 is 90.6 Å². The van der Waals surface area contributed by atoms with Crippen molar-refractivity contribution in [3.63, 3.8) is 0 Å². The van der Waals surface area contributed by atoms with Gasteiger partial charge < -0.3 is 64.0 Å². The number of amides is 8. The smallest absolute Gasteiger partial charge is 0.317 e. The highest BCUT2D eigenvalue weighted by Crippen LogP contribution is 2.22. The van der Waals surface area contributed by atoms with E-state index >= 15 is 0 Å². The Labute approximate surface area is 409 Å². The molecule has 1 aliphatic rings. The number of aliphatic imine (C=N–C) groups is 1. The molecule has 24 heteroatoms. The molecule has 21 nitrogen and oxygen atoms in total. The Morgan fingerprint density at radius 3 is 2.21 bits per heavy atom. The maximum absolute atomic E-state index is 14.5. The van der Waals surface area contributed by atoms with E-state index in [1.54, 1.807) is 34.5 Å². The van der Waals surface area contributed by atoms with Crippen LogP contribution in [0.25, 0.3) is 10.8 Å². The third-order valence-corrected chi connectivity index (χ3v) is 11.9. The van der Waals surface area contributed by atoms with Gasteiger partial charge in [-0.2, -0.15) is 0 Å². The van der Waals surface area contributed by atoms with E-state index in [0.29, 0.717) is 21.1 Å². The monoisotopic (exact) mass is 1140 g/mol. The molecule has 4 rings (SSSR count). The number of carbonyl (C=O) groups excluding carboxylic acids is 8. The molecule has 66 heavy (non-hydrogen) atoms. The van der Waals surface area contributed by atoms with E-state index in [1.165, 1.54) is 20.2 Å². The van der Waals surface area contributed by atoms with E-state index in [9.17, 15) is 43.5 Å². The Bertz CT molecular complexity index is 2290. The molecule has 8 amide bonds. The summed E-state index contributed by atoms with van der Waals surface area (Å²) in [5, 5.41) is 34.2. The van der Waals surface area contributed by atoms with Crippen molar-refractivity contribution in [1.82, 2.24) is 47.4 Å². The number of nitrogens with zero attached hydrogens (tertiary/aromatic N) is 2. The van der Waals surface area contributed by atoms with Crippen LogP contribution in [0, 0.1) is 3.57 Å². The molecule has 0 saturated carbocycles. The van der Waals surface area contributed by atoms with Crippen LogP contribution in [0.15, 0.2) is 65.7 Å². The number of fused-ring (bicyclic) bond motifs is 1. The molecule has 353 valence electrons. The lowest BCUT2D eigenvalue weighted by Gasteiger charge is -2.32. The number of aromatic hydroxyl groups is 1. The summed E-state index contributed by atoms with van der Waals surface area (Å²) in [4.78, 5) is 112. The predicted octanol–water partition coefficient (Wildman–Crippen LogP) is -1.28. The Kier molecular flexibility index (Phi) is 21.1. The molecule has 1 radical (unpaired) electrons. The lowest BCUT2D eigenvalue weighted by atomic mass is 10.00. The Hall–Kier alpha value is -5.77. The highest BCUT2D eigenvalue weighted by atomic mass is 127. The van der Waals surface area contributed by atoms with Crippen LogP contribution in [0.1, 0.15) is 36.8 Å². The molecule has 1 aliphatic heterocycles. The summed E-state index contributed by atoms with van der Waals surface area (Å²) in [6, 6.07) is 13.0. The first-order chi connectivity index (χ1) is 31.5. The molecule has 0 bridgehead atoms. The van der Waals surface area contributed by atoms with Crippen LogP contribution in [0.2, 0.25) is 0 Å². The molecular formula is C42H54BI2N12O9. The molecule has 0 spiro atoms. The molecule has 1 fully saturated rings. The average Bonchev–Trinajstić information content (AvgIpc) is 3.30. The van der Waals surface area contributed by atoms with Crippen molar-refractivity contribution >= 4 is 114 Å². The van der Waals surface area contributed by atoms with Gasteiger partial charge in [0, 0.05) is 40.0 Å². The third-order valence-electron chi connectivity index (χ3n) is 10.4. The van der Waals surface area contributed by atoms with Crippen molar-refractivity contribution in [3.8, 4) is 5.75 Å². The molecule has 3 aromatic carbocycles. The number of phenols is 1. The lowest BCUT2D eigenvalue weighted by Crippen LogP contribution is -2.58. The van der Waals surface area contributed by atoms with Gasteiger partial charge in [-0.1, -0.05) is 48.5 Å². The van der Waals surface area contributed by atoms with Crippen LogP contribution in [0.3, 0.4) is 0 Å². The van der Waals surface area contributed by atoms with Gasteiger partial charge in [-0.05, 0) is 82.3 Å². The Morgan fingerprint density at radius 2 is 1.50 bits per heavy atom. The number of guanidine groups is 1. The van der Waals surface area contributed by atoms with Gasteiger partial charge in [0.2, 0.25) is 35.4 Å². The van der Waals surface area contributed by atoms with Crippen molar-refractivity contribution in [3.05, 3.63) is 75.4 Å². The molecule has 0 aliphatic carbocycles. The predicted molar refractivity (Wildman–Crippen MR) is 264 cm³/mol. The number of phenolic OH excluding ortho intramolecular Hbond substituents is 1. The summed E-state index contributed by atoms with van der Waals surface area (Å²) in [6.45, 7) is -0.775. The van der Waals surface area contributed by atoms with Crippen molar-refractivity contribution in [2.24, 2.45) is 16.5 Å². The van der Waals surface area contributed by atoms with Crippen LogP contribution in [-0.4, -0.2) is 139 Å². The molecule has 0 aromatic heterocycles. The fourth-order valence-electron chi connectivity index (χ4n) is 6.88. The van der Waals surface area contributed by atoms with Gasteiger partial charge in [-0.25, -0.2) is 0 Å². The van der Waals surface area contributed by atoms with Gasteiger partial charge >= 0.3 is 5.14 Å². The maximum atomic E-state index is 14.5. The standard InChI is InChI=1S/C42H54BI2N12O9/c1-48-42(47)50-16-5-9-28-37(62)55-29(19-23-11-13-25-7-3-4-8-26(25)17-23)36(61)51-22-34(60)53-30(20-24-12-14-32(58)27(44)18-24)40(65)57(2)31(38(63)54-28)10-6-15-49-33(59)21-52-39(64)35(46)56-41(66)43-45/h3-4,7-8,11-14,17-18,28-31,35,58H,5-6,9-10,15-16,19-22,46H2,1-2H3,(H,49,59)(H,51,61)(H,52,64)(H,53,60)(H,54,63)(H,55,62)(H,56,66)(H3,47,48,50)/t28-,29-,30+,31+,35?/m0/s1. The summed E-state index contributed by atoms with van der Waals surface area (Å²) >= 11 is 3.61. The number of nitrogens with one attached hydrogen (secondary N) is 8. The number of halogens is 2. The Morgan fingerprint density at radius 1 is 0.848 bits per heavy atom. The minimum atomic E-state index is -1.40. The van der Waals surface area contributed by atoms with Gasteiger partial charge in [0.05, 0.1) is 16.7 Å². The fourth-order valence-corrected chi connectivity index (χ4v) is 7.64. The van der Waals surface area contributed by atoms with E-state index in [4.69, 9.17) is 11.5 Å². The molecule has 5 atom stereocenters. The number of rotatable bonds is 17. The van der Waals surface area contributed by atoms with Gasteiger partial charge in [-0.3, -0.25) is 43.3 Å². The molecule has 1 unspecified atom stereocenters. The lowest BCUT2D eigenvalue weighted by molar-refractivity contribution is -0.142. The van der Waals surface area contributed by atoms with Crippen LogP contribution in [0.4, 0.5) is 4.79 Å². The average molecular weight is 1140 g/mol. The highest BCUT2D eigenvalue weighted by molar-refractivity contribution is 14.1. The van der Waals surface area contributed by atoms with Gasteiger partial charge in [-0.15, -0.1) is 22.4 Å². The molecule has 1 saturated heterocycles. The number of benzene rings is 3. The van der Waals surface area contributed by atoms with E-state index in [1.807, 2.05) is 65.1 Å². The van der Waals surface area contributed by atoms with Gasteiger partial charge in [0.1, 0.15) is 29.9 Å². The summed E-state index contributed by atoms with van der Waals surface area (Å²) < 4.78 is 0.491. The van der Waals surface area contributed by atoms with E-state index in [2.05, 4.69) is 47.5 Å². The minimum Gasteiger partial charge on any atom is -0.507 e. The van der Waals surface area contributed by atoms with Gasteiger partial charge in [0.25, 0.3) is 5.91 Å². The second kappa shape index (κ2) is 26.4. The molecule has 13 N–H and O–H groups in total. The summed E-state index contributed by atoms with van der Waals surface area (Å²) in [5.41, 5.74) is 12.7. The zero-order chi connectivity index (χ0) is 48.3. The molecule has 1 heterocycles. The second-order valence-corrected chi connectivity index (χ2v) is 17.1. The zero-order valence-electron chi connectivity index (χ0n) is 36.3. The van der Waals surface area contributed by atoms with Crippen molar-refractivity contribution in [1.29, 1.82) is 0 Å². The van der Waals surface area contributed by atoms with Crippen LogP contribution < -0.4 is 54.0 Å². The number of hydrogen-bond donors (Lipinski definition) is 11. The molecular weight excluding hydrogens is 1080 g/mol. The van der Waals surface area contributed by atoms with Crippen LogP contribution >= 0.6 is 45.0 Å². The topological polar surface area (TPSA) is 321 Å². The minimum absolute atomic E-state index is 0.0130. The first kappa shape index (κ1) is 52.9. The third kappa shape index (κ3) is 16.6. The summed E-state index contributed by atoms with van der Waals surface area (Å²) in [6.07, 6.45) is -1.01. The van der Waals surface area contributed by atoms with E-state index in [0.717, 1.165) is 20.8 Å². The fraction of sp³-hybridized carbons (Fsp3) is 0.405. The normalized spacial score (nSPS) is 19.2. The van der Waals surface area contributed by atoms with Crippen LogP contribution in [0.5, 0.6) is 5.75 Å². The van der Waals surface area contributed by atoms with Crippen molar-refractivity contribution in [2.45, 2.75) is 68.9 Å². The van der Waals surface area contributed by atoms with Crippen LogP contribution in [-0.2, 0) is 46.4 Å². The largest absolute Gasteiger partial charge is 0.507 e.